The zero-order chi connectivity index (χ0) is 15.3. The first-order valence-corrected chi connectivity index (χ1v) is 9.04. The van der Waals surface area contributed by atoms with E-state index in [1.54, 1.807) is 12.7 Å². The van der Waals surface area contributed by atoms with Crippen molar-refractivity contribution in [1.82, 2.24) is 0 Å². The largest absolute Gasteiger partial charge is 0.497 e. The van der Waals surface area contributed by atoms with Gasteiger partial charge in [0, 0.05) is 0 Å². The highest BCUT2D eigenvalue weighted by Gasteiger charge is 2.55. The van der Waals surface area contributed by atoms with Crippen molar-refractivity contribution in [2.45, 2.75) is 63.9 Å². The van der Waals surface area contributed by atoms with Crippen molar-refractivity contribution in [2.75, 3.05) is 7.11 Å². The van der Waals surface area contributed by atoms with Crippen LogP contribution in [0.5, 0.6) is 5.75 Å². The Morgan fingerprint density at radius 3 is 2.86 bits per heavy atom. The van der Waals surface area contributed by atoms with Crippen LogP contribution in [0.4, 0.5) is 0 Å². The molecule has 3 unspecified atom stereocenters. The van der Waals surface area contributed by atoms with Gasteiger partial charge in [0.05, 0.1) is 13.2 Å². The Hall–Kier alpha value is -1.02. The SMILES string of the molecule is CC[C@]12CCC3c4ccc(OC)cc4CCC3C1CC[C@@H]2O. The van der Waals surface area contributed by atoms with Crippen molar-refractivity contribution in [3.05, 3.63) is 29.3 Å². The number of hydrogen-bond acceptors (Lipinski definition) is 2. The maximum atomic E-state index is 10.6. The van der Waals surface area contributed by atoms with E-state index in [0.717, 1.165) is 30.4 Å². The highest BCUT2D eigenvalue weighted by atomic mass is 16.5. The molecule has 1 N–H and O–H groups in total. The number of aryl methyl sites for hydroxylation is 1. The van der Waals surface area contributed by atoms with Crippen LogP contribution in [0.2, 0.25) is 0 Å². The summed E-state index contributed by atoms with van der Waals surface area (Å²) in [4.78, 5) is 0. The van der Waals surface area contributed by atoms with E-state index in [2.05, 4.69) is 25.1 Å². The molecule has 4 rings (SSSR count). The van der Waals surface area contributed by atoms with Crippen LogP contribution in [0.3, 0.4) is 0 Å². The normalized spacial score (nSPS) is 39.8. The minimum Gasteiger partial charge on any atom is -0.497 e. The molecule has 2 saturated carbocycles. The van der Waals surface area contributed by atoms with Gasteiger partial charge in [-0.05, 0) is 91.4 Å². The van der Waals surface area contributed by atoms with Gasteiger partial charge in [0.15, 0.2) is 0 Å². The Balaban J connectivity index is 1.68. The second-order valence-corrected chi connectivity index (χ2v) is 7.70. The average molecular weight is 300 g/mol. The molecule has 2 heteroatoms. The fraction of sp³-hybridized carbons (Fsp3) is 0.700. The van der Waals surface area contributed by atoms with Gasteiger partial charge < -0.3 is 9.84 Å². The summed E-state index contributed by atoms with van der Waals surface area (Å²) < 4.78 is 5.40. The smallest absolute Gasteiger partial charge is 0.119 e. The number of benzene rings is 1. The standard InChI is InChI=1S/C20H28O2/c1-3-20-11-10-16-15-7-5-14(22-2)12-13(15)4-6-17(16)18(20)8-9-19(20)21/h5,7,12,16-19,21H,3-4,6,8-11H2,1-2H3/t16?,17?,18?,19-,20-/m0/s1. The molecule has 0 aromatic heterocycles. The lowest BCUT2D eigenvalue weighted by Gasteiger charge is -2.51. The first-order chi connectivity index (χ1) is 10.7. The number of rotatable bonds is 2. The molecule has 0 radical (unpaired) electrons. The number of fused-ring (bicyclic) bond motifs is 5. The van der Waals surface area contributed by atoms with Crippen LogP contribution in [-0.2, 0) is 6.42 Å². The number of ether oxygens (including phenoxy) is 1. The van der Waals surface area contributed by atoms with E-state index in [0.29, 0.717) is 5.92 Å². The summed E-state index contributed by atoms with van der Waals surface area (Å²) in [6.45, 7) is 2.30. The van der Waals surface area contributed by atoms with E-state index < -0.39 is 0 Å². The van der Waals surface area contributed by atoms with Crippen LogP contribution in [0.1, 0.15) is 62.5 Å². The van der Waals surface area contributed by atoms with Gasteiger partial charge >= 0.3 is 0 Å². The zero-order valence-corrected chi connectivity index (χ0v) is 13.8. The summed E-state index contributed by atoms with van der Waals surface area (Å²) in [5.74, 6) is 3.23. The number of aliphatic hydroxyl groups excluding tert-OH is 1. The topological polar surface area (TPSA) is 29.5 Å². The van der Waals surface area contributed by atoms with Crippen LogP contribution in [0, 0.1) is 17.3 Å². The second-order valence-electron chi connectivity index (χ2n) is 7.70. The molecule has 5 atom stereocenters. The van der Waals surface area contributed by atoms with Gasteiger partial charge in [0.1, 0.15) is 5.75 Å². The van der Waals surface area contributed by atoms with E-state index >= 15 is 0 Å². The van der Waals surface area contributed by atoms with E-state index in [-0.39, 0.29) is 11.5 Å². The second kappa shape index (κ2) is 5.26. The molecule has 22 heavy (non-hydrogen) atoms. The highest BCUT2D eigenvalue weighted by Crippen LogP contribution is 2.62. The molecule has 3 aliphatic carbocycles. The van der Waals surface area contributed by atoms with E-state index in [9.17, 15) is 5.11 Å². The molecule has 0 heterocycles. The van der Waals surface area contributed by atoms with Crippen molar-refractivity contribution < 1.29 is 9.84 Å². The van der Waals surface area contributed by atoms with E-state index in [1.807, 2.05) is 0 Å². The summed E-state index contributed by atoms with van der Waals surface area (Å²) in [5, 5.41) is 10.6. The van der Waals surface area contributed by atoms with Crippen molar-refractivity contribution in [1.29, 1.82) is 0 Å². The predicted octanol–water partition coefficient (Wildman–Crippen LogP) is 4.30. The van der Waals surface area contributed by atoms with Crippen LogP contribution in [0.15, 0.2) is 18.2 Å². The average Bonchev–Trinajstić information content (AvgIpc) is 2.91. The van der Waals surface area contributed by atoms with E-state index in [1.165, 1.54) is 37.7 Å². The molecular weight excluding hydrogens is 272 g/mol. The quantitative estimate of drug-likeness (QED) is 0.882. The molecule has 0 aliphatic heterocycles. The molecule has 1 aromatic rings. The van der Waals surface area contributed by atoms with Gasteiger partial charge in [-0.25, -0.2) is 0 Å². The fourth-order valence-corrected chi connectivity index (χ4v) is 6.14. The molecule has 120 valence electrons. The number of aliphatic hydroxyl groups is 1. The third kappa shape index (κ3) is 1.89. The highest BCUT2D eigenvalue weighted by molar-refractivity contribution is 5.40. The summed E-state index contributed by atoms with van der Waals surface area (Å²) >= 11 is 0. The van der Waals surface area contributed by atoms with Gasteiger partial charge in [-0.1, -0.05) is 13.0 Å². The Morgan fingerprint density at radius 2 is 2.09 bits per heavy atom. The Morgan fingerprint density at radius 1 is 1.23 bits per heavy atom. The Labute approximate surface area is 133 Å². The summed E-state index contributed by atoms with van der Waals surface area (Å²) in [7, 11) is 1.75. The summed E-state index contributed by atoms with van der Waals surface area (Å²) in [5.41, 5.74) is 3.30. The summed E-state index contributed by atoms with van der Waals surface area (Å²) in [6.07, 6.45) is 8.30. The Bertz CT molecular complexity index is 567. The molecule has 3 aliphatic rings. The molecule has 0 amide bonds. The Kier molecular flexibility index (Phi) is 3.48. The zero-order valence-electron chi connectivity index (χ0n) is 13.8. The van der Waals surface area contributed by atoms with Crippen molar-refractivity contribution in [3.63, 3.8) is 0 Å². The van der Waals surface area contributed by atoms with Gasteiger partial charge in [-0.3, -0.25) is 0 Å². The molecular formula is C20H28O2. The van der Waals surface area contributed by atoms with Gasteiger partial charge in [-0.2, -0.15) is 0 Å². The lowest BCUT2D eigenvalue weighted by Crippen LogP contribution is -2.45. The van der Waals surface area contributed by atoms with Crippen molar-refractivity contribution in [3.8, 4) is 5.75 Å². The van der Waals surface area contributed by atoms with Crippen molar-refractivity contribution in [2.24, 2.45) is 17.3 Å². The third-order valence-electron chi connectivity index (χ3n) is 7.26. The monoisotopic (exact) mass is 300 g/mol. The first-order valence-electron chi connectivity index (χ1n) is 9.04. The molecule has 2 fully saturated rings. The summed E-state index contributed by atoms with van der Waals surface area (Å²) in [6, 6.07) is 6.69. The predicted molar refractivity (Wildman–Crippen MR) is 88.2 cm³/mol. The fourth-order valence-electron chi connectivity index (χ4n) is 6.14. The minimum atomic E-state index is -0.0549. The third-order valence-corrected chi connectivity index (χ3v) is 7.26. The molecule has 0 saturated heterocycles. The van der Waals surface area contributed by atoms with Gasteiger partial charge in [0.2, 0.25) is 0 Å². The first kappa shape index (κ1) is 14.6. The van der Waals surface area contributed by atoms with Crippen LogP contribution >= 0.6 is 0 Å². The maximum Gasteiger partial charge on any atom is 0.119 e. The number of hydrogen-bond donors (Lipinski definition) is 1. The number of methoxy groups -OCH3 is 1. The van der Waals surface area contributed by atoms with Crippen LogP contribution in [0.25, 0.3) is 0 Å². The van der Waals surface area contributed by atoms with Gasteiger partial charge in [-0.15, -0.1) is 0 Å². The lowest BCUT2D eigenvalue weighted by molar-refractivity contribution is -0.0394. The lowest BCUT2D eigenvalue weighted by atomic mass is 9.54. The minimum absolute atomic E-state index is 0.0549. The van der Waals surface area contributed by atoms with Crippen molar-refractivity contribution >= 4 is 0 Å². The van der Waals surface area contributed by atoms with Crippen LogP contribution < -0.4 is 4.74 Å². The molecule has 1 aromatic carbocycles. The van der Waals surface area contributed by atoms with E-state index in [4.69, 9.17) is 4.74 Å². The van der Waals surface area contributed by atoms with Gasteiger partial charge in [0.25, 0.3) is 0 Å². The maximum absolute atomic E-state index is 10.6. The molecule has 0 bridgehead atoms. The van der Waals surface area contributed by atoms with Crippen LogP contribution in [-0.4, -0.2) is 18.3 Å². The molecule has 2 nitrogen and oxygen atoms in total. The molecule has 0 spiro atoms.